The largest absolute Gasteiger partial charge is 0.326 e. The molecule has 0 unspecified atom stereocenters. The summed E-state index contributed by atoms with van der Waals surface area (Å²) in [6.45, 7) is 3.64. The Bertz CT molecular complexity index is 661. The summed E-state index contributed by atoms with van der Waals surface area (Å²) in [4.78, 5) is 23.5. The van der Waals surface area contributed by atoms with Gasteiger partial charge in [-0.05, 0) is 41.1 Å². The number of benzene rings is 1. The van der Waals surface area contributed by atoms with E-state index >= 15 is 0 Å². The third-order valence-electron chi connectivity index (χ3n) is 2.86. The first kappa shape index (κ1) is 15.9. The summed E-state index contributed by atoms with van der Waals surface area (Å²) in [5, 5.41) is 10.5. The van der Waals surface area contributed by atoms with Gasteiger partial charge in [0.05, 0.1) is 6.21 Å². The number of amides is 2. The van der Waals surface area contributed by atoms with Crippen molar-refractivity contribution in [1.82, 2.24) is 5.43 Å². The van der Waals surface area contributed by atoms with Crippen molar-refractivity contribution in [3.63, 3.8) is 0 Å². The van der Waals surface area contributed by atoms with Crippen molar-refractivity contribution in [3.05, 3.63) is 52.2 Å². The van der Waals surface area contributed by atoms with E-state index in [4.69, 9.17) is 0 Å². The van der Waals surface area contributed by atoms with Crippen molar-refractivity contribution in [3.8, 4) is 0 Å². The number of anilines is 1. The van der Waals surface area contributed by atoms with E-state index in [9.17, 15) is 9.59 Å². The van der Waals surface area contributed by atoms with Gasteiger partial charge in [0.2, 0.25) is 5.91 Å². The lowest BCUT2D eigenvalue weighted by Gasteiger charge is -2.08. The molecule has 0 fully saturated rings. The molecular weight excluding hydrogens is 298 g/mol. The molecule has 0 saturated carbocycles. The molecule has 0 aliphatic carbocycles. The van der Waals surface area contributed by atoms with Crippen LogP contribution in [0.4, 0.5) is 5.69 Å². The standard InChI is InChI=1S/C16H17N3O2S/c1-11(2)15(20)18-14-5-3-13(4-6-14)16(21)19-17-9-12-7-8-22-10-12/h3-11H,1-2H3,(H,18,20)(H,19,21)/b17-9-. The van der Waals surface area contributed by atoms with E-state index in [-0.39, 0.29) is 17.7 Å². The highest BCUT2D eigenvalue weighted by Crippen LogP contribution is 2.11. The minimum atomic E-state index is -0.298. The third-order valence-corrected chi connectivity index (χ3v) is 3.56. The molecule has 0 spiro atoms. The molecule has 22 heavy (non-hydrogen) atoms. The second-order valence-electron chi connectivity index (χ2n) is 4.98. The number of carbonyl (C=O) groups excluding carboxylic acids is 2. The fraction of sp³-hybridized carbons (Fsp3) is 0.188. The van der Waals surface area contributed by atoms with Gasteiger partial charge in [0.25, 0.3) is 5.91 Å². The first-order valence-corrected chi connectivity index (χ1v) is 7.77. The van der Waals surface area contributed by atoms with E-state index in [1.807, 2.05) is 30.7 Å². The molecule has 5 nitrogen and oxygen atoms in total. The summed E-state index contributed by atoms with van der Waals surface area (Å²) < 4.78 is 0. The Morgan fingerprint density at radius 3 is 2.50 bits per heavy atom. The maximum atomic E-state index is 11.9. The lowest BCUT2D eigenvalue weighted by atomic mass is 10.1. The number of hydrogen-bond donors (Lipinski definition) is 2. The molecule has 2 rings (SSSR count). The molecule has 2 amide bonds. The van der Waals surface area contributed by atoms with Crippen LogP contribution in [0.3, 0.4) is 0 Å². The van der Waals surface area contributed by atoms with Gasteiger partial charge in [-0.15, -0.1) is 0 Å². The van der Waals surface area contributed by atoms with Gasteiger partial charge in [-0.1, -0.05) is 13.8 Å². The van der Waals surface area contributed by atoms with Crippen molar-refractivity contribution in [2.24, 2.45) is 11.0 Å². The zero-order valence-electron chi connectivity index (χ0n) is 12.4. The van der Waals surface area contributed by atoms with Crippen LogP contribution in [0.2, 0.25) is 0 Å². The highest BCUT2D eigenvalue weighted by Gasteiger charge is 2.08. The zero-order valence-corrected chi connectivity index (χ0v) is 13.2. The number of nitrogens with one attached hydrogen (secondary N) is 2. The topological polar surface area (TPSA) is 70.6 Å². The summed E-state index contributed by atoms with van der Waals surface area (Å²) in [5.41, 5.74) is 4.55. The number of nitrogens with zero attached hydrogens (tertiary/aromatic N) is 1. The molecule has 0 bridgehead atoms. The van der Waals surface area contributed by atoms with Gasteiger partial charge in [0, 0.05) is 22.7 Å². The minimum Gasteiger partial charge on any atom is -0.326 e. The molecule has 0 atom stereocenters. The average Bonchev–Trinajstić information content (AvgIpc) is 3.01. The van der Waals surface area contributed by atoms with Gasteiger partial charge in [-0.3, -0.25) is 9.59 Å². The SMILES string of the molecule is CC(C)C(=O)Nc1ccc(C(=O)N/N=C\c2ccsc2)cc1. The van der Waals surface area contributed by atoms with Crippen LogP contribution in [0.25, 0.3) is 0 Å². The zero-order chi connectivity index (χ0) is 15.9. The van der Waals surface area contributed by atoms with Crippen LogP contribution in [0.1, 0.15) is 29.8 Å². The molecule has 1 heterocycles. The highest BCUT2D eigenvalue weighted by atomic mass is 32.1. The quantitative estimate of drug-likeness (QED) is 0.657. The van der Waals surface area contributed by atoms with Crippen LogP contribution in [0.5, 0.6) is 0 Å². The van der Waals surface area contributed by atoms with Crippen molar-refractivity contribution < 1.29 is 9.59 Å². The van der Waals surface area contributed by atoms with E-state index < -0.39 is 0 Å². The minimum absolute atomic E-state index is 0.0578. The lowest BCUT2D eigenvalue weighted by Crippen LogP contribution is -2.19. The molecular formula is C16H17N3O2S. The summed E-state index contributed by atoms with van der Waals surface area (Å²) in [6.07, 6.45) is 1.59. The summed E-state index contributed by atoms with van der Waals surface area (Å²) in [6, 6.07) is 8.58. The number of carbonyl (C=O) groups is 2. The first-order chi connectivity index (χ1) is 10.6. The summed E-state index contributed by atoms with van der Waals surface area (Å²) in [7, 11) is 0. The monoisotopic (exact) mass is 315 g/mol. The molecule has 0 aliphatic heterocycles. The van der Waals surface area contributed by atoms with Gasteiger partial charge in [-0.2, -0.15) is 16.4 Å². The van der Waals surface area contributed by atoms with Crippen LogP contribution in [0, 0.1) is 5.92 Å². The van der Waals surface area contributed by atoms with Crippen LogP contribution < -0.4 is 10.7 Å². The number of thiophene rings is 1. The summed E-state index contributed by atoms with van der Waals surface area (Å²) in [5.74, 6) is -0.444. The van der Waals surface area contributed by atoms with Gasteiger partial charge in [-0.25, -0.2) is 5.43 Å². The molecule has 0 aliphatic rings. The number of hydrazone groups is 1. The van der Waals surface area contributed by atoms with Crippen molar-refractivity contribution in [2.75, 3.05) is 5.32 Å². The Morgan fingerprint density at radius 1 is 1.18 bits per heavy atom. The van der Waals surface area contributed by atoms with Gasteiger partial charge >= 0.3 is 0 Å². The van der Waals surface area contributed by atoms with Gasteiger partial charge < -0.3 is 5.32 Å². The molecule has 2 aromatic rings. The Labute approximate surface area is 133 Å². The molecule has 114 valence electrons. The van der Waals surface area contributed by atoms with E-state index in [2.05, 4.69) is 15.8 Å². The predicted molar refractivity (Wildman–Crippen MR) is 89.3 cm³/mol. The fourth-order valence-corrected chi connectivity index (χ4v) is 2.18. The van der Waals surface area contributed by atoms with Gasteiger partial charge in [0.15, 0.2) is 0 Å². The van der Waals surface area contributed by atoms with Crippen molar-refractivity contribution in [1.29, 1.82) is 0 Å². The van der Waals surface area contributed by atoms with E-state index in [1.54, 1.807) is 41.8 Å². The number of rotatable bonds is 5. The predicted octanol–water partition coefficient (Wildman–Crippen LogP) is 3.11. The maximum Gasteiger partial charge on any atom is 0.271 e. The lowest BCUT2D eigenvalue weighted by molar-refractivity contribution is -0.118. The molecule has 2 N–H and O–H groups in total. The van der Waals surface area contributed by atoms with E-state index in [0.717, 1.165) is 5.56 Å². The van der Waals surface area contributed by atoms with Crippen LogP contribution in [-0.2, 0) is 4.79 Å². The van der Waals surface area contributed by atoms with E-state index in [1.165, 1.54) is 0 Å². The molecule has 1 aromatic heterocycles. The molecule has 6 heteroatoms. The average molecular weight is 315 g/mol. The van der Waals surface area contributed by atoms with Crippen LogP contribution >= 0.6 is 11.3 Å². The Balaban J connectivity index is 1.92. The second-order valence-corrected chi connectivity index (χ2v) is 5.76. The van der Waals surface area contributed by atoms with Crippen molar-refractivity contribution in [2.45, 2.75) is 13.8 Å². The summed E-state index contributed by atoms with van der Waals surface area (Å²) >= 11 is 1.56. The maximum absolute atomic E-state index is 11.9. The number of hydrogen-bond acceptors (Lipinski definition) is 4. The van der Waals surface area contributed by atoms with Crippen LogP contribution in [-0.4, -0.2) is 18.0 Å². The molecule has 1 aromatic carbocycles. The smallest absolute Gasteiger partial charge is 0.271 e. The second kappa shape index (κ2) is 7.51. The Morgan fingerprint density at radius 2 is 1.91 bits per heavy atom. The third kappa shape index (κ3) is 4.53. The van der Waals surface area contributed by atoms with Gasteiger partial charge in [0.1, 0.15) is 0 Å². The van der Waals surface area contributed by atoms with Crippen LogP contribution in [0.15, 0.2) is 46.2 Å². The Hall–Kier alpha value is -2.47. The normalized spacial score (nSPS) is 10.9. The Kier molecular flexibility index (Phi) is 5.43. The first-order valence-electron chi connectivity index (χ1n) is 6.83. The fourth-order valence-electron chi connectivity index (χ4n) is 1.57. The molecule has 0 saturated heterocycles. The van der Waals surface area contributed by atoms with Crippen molar-refractivity contribution >= 4 is 35.1 Å². The highest BCUT2D eigenvalue weighted by molar-refractivity contribution is 7.08. The molecule has 0 radical (unpaired) electrons. The van der Waals surface area contributed by atoms with E-state index in [0.29, 0.717) is 11.3 Å².